The van der Waals surface area contributed by atoms with Gasteiger partial charge in [0.05, 0.1) is 30.4 Å². The van der Waals surface area contributed by atoms with Gasteiger partial charge in [-0.3, -0.25) is 24.6 Å². The number of nitrogens with one attached hydrogen (secondary N) is 1. The molecule has 2 aromatic carbocycles. The molecule has 0 saturated carbocycles. The maximum Gasteiger partial charge on any atom is 0.490 e. The number of esters is 1. The number of aliphatic carboxylic acids is 1. The molecular weight excluding hydrogens is 571 g/mol. The van der Waals surface area contributed by atoms with Crippen LogP contribution in [0.1, 0.15) is 12.5 Å². The number of nitrogens with zero attached hydrogens (tertiary/aromatic N) is 2. The van der Waals surface area contributed by atoms with Crippen molar-refractivity contribution in [2.75, 3.05) is 20.7 Å². The second-order valence-electron chi connectivity index (χ2n) is 9.60. The molecule has 0 unspecified atom stereocenters. The number of benzene rings is 2. The zero-order valence-electron chi connectivity index (χ0n) is 22.2. The first kappa shape index (κ1) is 31.7. The molecule has 0 radical (unpaired) electrons. The zero-order valence-corrected chi connectivity index (χ0v) is 23.0. The van der Waals surface area contributed by atoms with Crippen molar-refractivity contribution in [3.63, 3.8) is 0 Å². The molecule has 222 valence electrons. The van der Waals surface area contributed by atoms with Crippen LogP contribution in [-0.2, 0) is 40.5 Å². The number of ether oxygens (including phenoxy) is 1. The standard InChI is InChI=1S/C24H27N3O6S.C2HF3O2/c1-24(23(30)33-3)20-19(21(28)27(22(20)29)14-16-10-6-4-7-11-16)18(25-24)15-26(2)34(31,32)17-12-8-5-9-13-17;3-2(4,5)1(6)7/h4-13,18-20,25H,14-15H2,1-3H3;(H,6,7)/t18-,19+,20-,24-;/m1./s1. The van der Waals surface area contributed by atoms with Crippen LogP contribution in [0.3, 0.4) is 0 Å². The highest BCUT2D eigenvalue weighted by Gasteiger charge is 2.66. The number of hydrogen-bond donors (Lipinski definition) is 2. The third kappa shape index (κ3) is 6.41. The van der Waals surface area contributed by atoms with E-state index >= 15 is 0 Å². The van der Waals surface area contributed by atoms with Gasteiger partial charge in [0.2, 0.25) is 21.8 Å². The largest absolute Gasteiger partial charge is 0.490 e. The molecule has 0 bridgehead atoms. The molecule has 2 heterocycles. The molecule has 2 N–H and O–H groups in total. The SMILES string of the molecule is COC(=O)[C@]1(C)N[C@H](CN(C)S(=O)(=O)c2ccccc2)[C@@H]2C(=O)N(Cc3ccccc3)C(=O)[C@@H]21.O=C(O)C(F)(F)F. The van der Waals surface area contributed by atoms with Crippen LogP contribution < -0.4 is 5.32 Å². The minimum absolute atomic E-state index is 0.0770. The number of rotatable bonds is 7. The van der Waals surface area contributed by atoms with Gasteiger partial charge in [-0.05, 0) is 24.6 Å². The summed E-state index contributed by atoms with van der Waals surface area (Å²) in [4.78, 5) is 49.8. The molecule has 15 heteroatoms. The molecule has 2 aromatic rings. The molecule has 0 spiro atoms. The number of carboxylic acid groups (broad SMARTS) is 1. The van der Waals surface area contributed by atoms with Gasteiger partial charge >= 0.3 is 18.1 Å². The smallest absolute Gasteiger partial charge is 0.475 e. The molecule has 2 aliphatic heterocycles. The van der Waals surface area contributed by atoms with E-state index in [2.05, 4.69) is 5.32 Å². The molecular formula is C26H28F3N3O8S. The number of halogens is 3. The van der Waals surface area contributed by atoms with E-state index in [0.717, 1.165) is 14.8 Å². The summed E-state index contributed by atoms with van der Waals surface area (Å²) in [5.41, 5.74) is -0.697. The van der Waals surface area contributed by atoms with E-state index in [1.165, 1.54) is 33.2 Å². The molecule has 2 fully saturated rings. The Morgan fingerprint density at radius 1 is 1.05 bits per heavy atom. The lowest BCUT2D eigenvalue weighted by Gasteiger charge is -2.29. The van der Waals surface area contributed by atoms with Crippen molar-refractivity contribution in [3.8, 4) is 0 Å². The maximum atomic E-state index is 13.5. The second kappa shape index (κ2) is 12.0. The van der Waals surface area contributed by atoms with Gasteiger partial charge in [0.1, 0.15) is 5.54 Å². The number of hydrogen-bond acceptors (Lipinski definition) is 8. The van der Waals surface area contributed by atoms with Crippen molar-refractivity contribution in [2.45, 2.75) is 36.1 Å². The molecule has 4 rings (SSSR count). The third-order valence-corrected chi connectivity index (χ3v) is 8.76. The fourth-order valence-corrected chi connectivity index (χ4v) is 6.17. The van der Waals surface area contributed by atoms with Crippen molar-refractivity contribution >= 4 is 33.8 Å². The van der Waals surface area contributed by atoms with Crippen molar-refractivity contribution in [1.82, 2.24) is 14.5 Å². The number of fused-ring (bicyclic) bond motifs is 1. The van der Waals surface area contributed by atoms with Crippen LogP contribution in [0.4, 0.5) is 13.2 Å². The topological polar surface area (TPSA) is 150 Å². The Hall–Kier alpha value is -3.82. The Morgan fingerprint density at radius 3 is 2.05 bits per heavy atom. The quantitative estimate of drug-likeness (QED) is 0.358. The van der Waals surface area contributed by atoms with E-state index in [-0.39, 0.29) is 18.0 Å². The van der Waals surface area contributed by atoms with Gasteiger partial charge in [0.15, 0.2) is 0 Å². The number of alkyl halides is 3. The van der Waals surface area contributed by atoms with Gasteiger partial charge in [0, 0.05) is 19.6 Å². The number of carbonyl (C=O) groups is 4. The Bertz CT molecular complexity index is 1410. The summed E-state index contributed by atoms with van der Waals surface area (Å²) in [5.74, 6) is -6.26. The molecule has 2 amide bonds. The number of carboxylic acids is 1. The molecule has 11 nitrogen and oxygen atoms in total. The van der Waals surface area contributed by atoms with Gasteiger partial charge in [-0.25, -0.2) is 13.2 Å². The molecule has 0 aliphatic carbocycles. The number of likely N-dealkylation sites (tertiary alicyclic amines) is 1. The highest BCUT2D eigenvalue weighted by atomic mass is 32.2. The van der Waals surface area contributed by atoms with Gasteiger partial charge in [-0.15, -0.1) is 0 Å². The highest BCUT2D eigenvalue weighted by Crippen LogP contribution is 2.44. The summed E-state index contributed by atoms with van der Waals surface area (Å²) in [6.07, 6.45) is -5.08. The van der Waals surface area contributed by atoms with Crippen LogP contribution in [0, 0.1) is 11.8 Å². The second-order valence-corrected chi connectivity index (χ2v) is 11.6. The normalized spacial score (nSPS) is 24.1. The Kier molecular flexibility index (Phi) is 9.25. The van der Waals surface area contributed by atoms with Crippen molar-refractivity contribution < 1.29 is 50.6 Å². The monoisotopic (exact) mass is 599 g/mol. The van der Waals surface area contributed by atoms with Crippen molar-refractivity contribution in [1.29, 1.82) is 0 Å². The predicted octanol–water partition coefficient (Wildman–Crippen LogP) is 1.65. The van der Waals surface area contributed by atoms with Gasteiger partial charge in [-0.1, -0.05) is 48.5 Å². The van der Waals surface area contributed by atoms with E-state index in [4.69, 9.17) is 14.6 Å². The van der Waals surface area contributed by atoms with E-state index in [9.17, 15) is 36.0 Å². The Labute approximate surface area is 233 Å². The lowest BCUT2D eigenvalue weighted by Crippen LogP contribution is -2.56. The number of imide groups is 1. The number of sulfonamides is 1. The lowest BCUT2D eigenvalue weighted by molar-refractivity contribution is -0.192. The van der Waals surface area contributed by atoms with Gasteiger partial charge in [0.25, 0.3) is 0 Å². The average Bonchev–Trinajstić information content (AvgIpc) is 3.37. The lowest BCUT2D eigenvalue weighted by atomic mass is 9.81. The number of methoxy groups -OCH3 is 1. The number of amides is 2. The first-order valence-electron chi connectivity index (χ1n) is 12.1. The predicted molar refractivity (Wildman–Crippen MR) is 136 cm³/mol. The minimum atomic E-state index is -5.08. The van der Waals surface area contributed by atoms with Crippen LogP contribution in [0.5, 0.6) is 0 Å². The van der Waals surface area contributed by atoms with E-state index in [0.29, 0.717) is 0 Å². The summed E-state index contributed by atoms with van der Waals surface area (Å²) >= 11 is 0. The van der Waals surface area contributed by atoms with Crippen LogP contribution in [0.15, 0.2) is 65.6 Å². The Morgan fingerprint density at radius 2 is 1.56 bits per heavy atom. The van der Waals surface area contributed by atoms with Crippen LogP contribution >= 0.6 is 0 Å². The van der Waals surface area contributed by atoms with E-state index in [1.807, 2.05) is 30.3 Å². The summed E-state index contributed by atoms with van der Waals surface area (Å²) in [6, 6.07) is 16.3. The summed E-state index contributed by atoms with van der Waals surface area (Å²) in [6.45, 7) is 1.50. The van der Waals surface area contributed by atoms with Crippen LogP contribution in [0.25, 0.3) is 0 Å². The summed E-state index contributed by atoms with van der Waals surface area (Å²) in [7, 11) is -1.22. The fourth-order valence-electron chi connectivity index (χ4n) is 4.95. The van der Waals surface area contributed by atoms with Gasteiger partial charge < -0.3 is 9.84 Å². The fraction of sp³-hybridized carbons (Fsp3) is 0.385. The van der Waals surface area contributed by atoms with E-state index < -0.39 is 63.4 Å². The molecule has 4 atom stereocenters. The number of likely N-dealkylation sites (N-methyl/N-ethyl adjacent to an activating group) is 1. The first-order valence-corrected chi connectivity index (χ1v) is 13.6. The molecule has 0 aromatic heterocycles. The Balaban J connectivity index is 0.000000587. The maximum absolute atomic E-state index is 13.5. The van der Waals surface area contributed by atoms with Gasteiger partial charge in [-0.2, -0.15) is 17.5 Å². The van der Waals surface area contributed by atoms with E-state index in [1.54, 1.807) is 18.2 Å². The van der Waals surface area contributed by atoms with Crippen molar-refractivity contribution in [2.24, 2.45) is 11.8 Å². The first-order chi connectivity index (χ1) is 19.1. The molecule has 41 heavy (non-hydrogen) atoms. The highest BCUT2D eigenvalue weighted by molar-refractivity contribution is 7.89. The number of carbonyl (C=O) groups excluding carboxylic acids is 3. The summed E-state index contributed by atoms with van der Waals surface area (Å²) < 4.78 is 63.9. The van der Waals surface area contributed by atoms with Crippen molar-refractivity contribution in [3.05, 3.63) is 66.2 Å². The third-order valence-electron chi connectivity index (χ3n) is 6.92. The minimum Gasteiger partial charge on any atom is -0.475 e. The summed E-state index contributed by atoms with van der Waals surface area (Å²) in [5, 5.41) is 10.2. The van der Waals surface area contributed by atoms with Crippen LogP contribution in [0.2, 0.25) is 0 Å². The average molecular weight is 600 g/mol. The molecule has 2 saturated heterocycles. The molecule has 2 aliphatic rings. The zero-order chi connectivity index (χ0) is 30.8. The van der Waals surface area contributed by atoms with Crippen LogP contribution in [-0.4, -0.2) is 84.9 Å².